The molecule has 0 saturated heterocycles. The lowest BCUT2D eigenvalue weighted by molar-refractivity contribution is 0.112. The number of ether oxygens (including phenoxy) is 1. The third-order valence-electron chi connectivity index (χ3n) is 3.85. The first-order valence-corrected chi connectivity index (χ1v) is 7.37. The molecule has 0 radical (unpaired) electrons. The van der Waals surface area contributed by atoms with E-state index in [0.717, 1.165) is 10.9 Å². The van der Waals surface area contributed by atoms with Gasteiger partial charge in [-0.25, -0.2) is 4.79 Å². The molecular weight excluding hydrogens is 312 g/mol. The molecule has 124 valence electrons. The van der Waals surface area contributed by atoms with Gasteiger partial charge in [0.05, 0.1) is 0 Å². The predicted molar refractivity (Wildman–Crippen MR) is 87.8 cm³/mol. The molecule has 0 unspecified atom stereocenters. The van der Waals surface area contributed by atoms with E-state index in [1.807, 2.05) is 6.92 Å². The molecule has 0 N–H and O–H groups in total. The molecule has 0 bridgehead atoms. The lowest BCUT2D eigenvalue weighted by Crippen LogP contribution is -2.37. The Kier molecular flexibility index (Phi) is 3.80. The van der Waals surface area contributed by atoms with Gasteiger partial charge in [-0.2, -0.15) is 4.98 Å². The third-order valence-corrected chi connectivity index (χ3v) is 3.85. The molecule has 3 rings (SSSR count). The van der Waals surface area contributed by atoms with Crippen LogP contribution in [0.1, 0.15) is 17.3 Å². The summed E-state index contributed by atoms with van der Waals surface area (Å²) in [6.45, 7) is 2.31. The zero-order valence-corrected chi connectivity index (χ0v) is 13.5. The van der Waals surface area contributed by atoms with E-state index in [-0.39, 0.29) is 11.7 Å². The average Bonchev–Trinajstić information content (AvgIpc) is 2.97. The molecule has 0 amide bonds. The topological polar surface area (TPSA) is 88.1 Å². The minimum atomic E-state index is -0.449. The van der Waals surface area contributed by atoms with Gasteiger partial charge < -0.3 is 4.74 Å². The smallest absolute Gasteiger partial charge is 0.332 e. The lowest BCUT2D eigenvalue weighted by atomic mass is 10.2. The Labute approximate surface area is 136 Å². The Morgan fingerprint density at radius 1 is 1.12 bits per heavy atom. The molecule has 0 aliphatic carbocycles. The molecule has 0 aliphatic heterocycles. The van der Waals surface area contributed by atoms with Crippen molar-refractivity contribution in [1.29, 1.82) is 0 Å². The number of benzene rings is 1. The number of hydrogen-bond acceptors (Lipinski definition) is 5. The minimum absolute atomic E-state index is 0.213. The number of aryl methyl sites for hydroxylation is 2. The van der Waals surface area contributed by atoms with Gasteiger partial charge >= 0.3 is 11.7 Å². The maximum Gasteiger partial charge on any atom is 0.332 e. The molecule has 3 aromatic rings. The fraction of sp³-hybridized carbons (Fsp3) is 0.250. The van der Waals surface area contributed by atoms with Crippen molar-refractivity contribution in [2.75, 3.05) is 0 Å². The van der Waals surface area contributed by atoms with Crippen molar-refractivity contribution >= 4 is 17.5 Å². The van der Waals surface area contributed by atoms with E-state index >= 15 is 0 Å². The second-order valence-corrected chi connectivity index (χ2v) is 5.31. The number of hydrogen-bond donors (Lipinski definition) is 0. The van der Waals surface area contributed by atoms with Gasteiger partial charge in [0.1, 0.15) is 12.0 Å². The summed E-state index contributed by atoms with van der Waals surface area (Å²) in [7, 11) is 2.98. The Hall–Kier alpha value is -3.16. The molecule has 1 aromatic carbocycles. The summed E-state index contributed by atoms with van der Waals surface area (Å²) < 4.78 is 9.71. The second-order valence-electron chi connectivity index (χ2n) is 5.31. The van der Waals surface area contributed by atoms with Gasteiger partial charge in [0.25, 0.3) is 5.56 Å². The lowest BCUT2D eigenvalue weighted by Gasteiger charge is -2.07. The molecule has 0 atom stereocenters. The maximum absolute atomic E-state index is 12.4. The quantitative estimate of drug-likeness (QED) is 0.668. The Morgan fingerprint density at radius 2 is 1.79 bits per heavy atom. The monoisotopic (exact) mass is 328 g/mol. The molecule has 8 nitrogen and oxygen atoms in total. The Bertz CT molecular complexity index is 1040. The summed E-state index contributed by atoms with van der Waals surface area (Å²) in [5.41, 5.74) is 0.234. The third kappa shape index (κ3) is 2.32. The largest absolute Gasteiger partial charge is 0.425 e. The van der Waals surface area contributed by atoms with E-state index in [0.29, 0.717) is 23.4 Å². The number of aldehydes is 1. The van der Waals surface area contributed by atoms with Crippen molar-refractivity contribution in [2.45, 2.75) is 13.5 Å². The van der Waals surface area contributed by atoms with Crippen LogP contribution in [0.15, 0.2) is 33.9 Å². The normalized spacial score (nSPS) is 11.0. The molecule has 2 heterocycles. The number of rotatable bonds is 4. The van der Waals surface area contributed by atoms with Crippen LogP contribution in [0, 0.1) is 0 Å². The van der Waals surface area contributed by atoms with Crippen LogP contribution < -0.4 is 16.0 Å². The van der Waals surface area contributed by atoms with Gasteiger partial charge in [0.2, 0.25) is 0 Å². The first-order chi connectivity index (χ1) is 11.5. The molecule has 8 heteroatoms. The van der Waals surface area contributed by atoms with E-state index < -0.39 is 11.2 Å². The fourth-order valence-corrected chi connectivity index (χ4v) is 2.52. The minimum Gasteiger partial charge on any atom is -0.425 e. The van der Waals surface area contributed by atoms with Crippen molar-refractivity contribution in [1.82, 2.24) is 18.7 Å². The van der Waals surface area contributed by atoms with Gasteiger partial charge in [0.15, 0.2) is 11.2 Å². The van der Waals surface area contributed by atoms with Crippen molar-refractivity contribution in [2.24, 2.45) is 14.1 Å². The predicted octanol–water partition coefficient (Wildman–Crippen LogP) is 1.06. The first-order valence-electron chi connectivity index (χ1n) is 7.37. The molecule has 0 spiro atoms. The Balaban J connectivity index is 2.19. The van der Waals surface area contributed by atoms with Crippen molar-refractivity contribution in [3.63, 3.8) is 0 Å². The van der Waals surface area contributed by atoms with E-state index in [9.17, 15) is 14.4 Å². The maximum atomic E-state index is 12.4. The number of carbonyl (C=O) groups is 1. The first kappa shape index (κ1) is 15.7. The molecule has 0 saturated carbocycles. The zero-order chi connectivity index (χ0) is 17.4. The summed E-state index contributed by atoms with van der Waals surface area (Å²) in [4.78, 5) is 39.5. The molecule has 2 aromatic heterocycles. The SMILES string of the molecule is CCn1c(Oc2ccc(C=O)cc2)nc2c1c(=O)n(C)c(=O)n2C. The van der Waals surface area contributed by atoms with Crippen LogP contribution in [0.4, 0.5) is 0 Å². The van der Waals surface area contributed by atoms with E-state index in [1.165, 1.54) is 11.6 Å². The van der Waals surface area contributed by atoms with Gasteiger partial charge in [-0.15, -0.1) is 0 Å². The van der Waals surface area contributed by atoms with Gasteiger partial charge in [0, 0.05) is 26.2 Å². The van der Waals surface area contributed by atoms with Crippen LogP contribution in [0.5, 0.6) is 11.8 Å². The van der Waals surface area contributed by atoms with Crippen molar-refractivity contribution < 1.29 is 9.53 Å². The van der Waals surface area contributed by atoms with E-state index in [4.69, 9.17) is 4.74 Å². The number of nitrogens with zero attached hydrogens (tertiary/aromatic N) is 4. The van der Waals surface area contributed by atoms with Crippen LogP contribution in [-0.2, 0) is 20.6 Å². The highest BCUT2D eigenvalue weighted by Crippen LogP contribution is 2.24. The van der Waals surface area contributed by atoms with Gasteiger partial charge in [-0.05, 0) is 31.2 Å². The highest BCUT2D eigenvalue weighted by atomic mass is 16.5. The number of imidazole rings is 1. The molecule has 0 fully saturated rings. The van der Waals surface area contributed by atoms with E-state index in [1.54, 1.807) is 35.9 Å². The Morgan fingerprint density at radius 3 is 2.38 bits per heavy atom. The standard InChI is InChI=1S/C16H16N4O4/c1-4-20-12-13(18(2)16(23)19(3)14(12)22)17-15(20)24-11-7-5-10(9-21)6-8-11/h5-9H,4H2,1-3H3. The average molecular weight is 328 g/mol. The van der Waals surface area contributed by atoms with Gasteiger partial charge in [-0.1, -0.05) is 0 Å². The summed E-state index contributed by atoms with van der Waals surface area (Å²) in [5, 5.41) is 0. The summed E-state index contributed by atoms with van der Waals surface area (Å²) >= 11 is 0. The van der Waals surface area contributed by atoms with Crippen molar-refractivity contribution in [3.8, 4) is 11.8 Å². The summed E-state index contributed by atoms with van der Waals surface area (Å²) in [6.07, 6.45) is 0.741. The highest BCUT2D eigenvalue weighted by Gasteiger charge is 2.19. The fourth-order valence-electron chi connectivity index (χ4n) is 2.52. The van der Waals surface area contributed by atoms with Crippen LogP contribution in [0.3, 0.4) is 0 Å². The van der Waals surface area contributed by atoms with Crippen LogP contribution in [-0.4, -0.2) is 25.0 Å². The zero-order valence-electron chi connectivity index (χ0n) is 13.5. The number of fused-ring (bicyclic) bond motifs is 1. The molecular formula is C16H16N4O4. The van der Waals surface area contributed by atoms with Crippen molar-refractivity contribution in [3.05, 3.63) is 50.7 Å². The molecule has 24 heavy (non-hydrogen) atoms. The highest BCUT2D eigenvalue weighted by molar-refractivity contribution is 5.75. The van der Waals surface area contributed by atoms with Crippen LogP contribution >= 0.6 is 0 Å². The second kappa shape index (κ2) is 5.80. The molecule has 0 aliphatic rings. The van der Waals surface area contributed by atoms with Gasteiger partial charge in [-0.3, -0.25) is 23.3 Å². The van der Waals surface area contributed by atoms with Crippen LogP contribution in [0.25, 0.3) is 11.2 Å². The number of aromatic nitrogens is 4. The van der Waals surface area contributed by atoms with Crippen LogP contribution in [0.2, 0.25) is 0 Å². The number of carbonyl (C=O) groups excluding carboxylic acids is 1. The van der Waals surface area contributed by atoms with E-state index in [2.05, 4.69) is 4.98 Å². The summed E-state index contributed by atoms with van der Waals surface area (Å²) in [5.74, 6) is 0.479. The summed E-state index contributed by atoms with van der Waals surface area (Å²) in [6, 6.07) is 6.73.